The van der Waals surface area contributed by atoms with Crippen LogP contribution in [0.5, 0.6) is 0 Å². The molecule has 0 fully saturated rings. The molecule has 2 aromatic carbocycles. The quantitative estimate of drug-likeness (QED) is 0.666. The van der Waals surface area contributed by atoms with Crippen molar-refractivity contribution in [2.24, 2.45) is 0 Å². The van der Waals surface area contributed by atoms with E-state index in [1.54, 1.807) is 6.92 Å². The molecule has 3 aromatic rings. The lowest BCUT2D eigenvalue weighted by Crippen LogP contribution is -2.41. The third-order valence-electron chi connectivity index (χ3n) is 3.41. The van der Waals surface area contributed by atoms with Gasteiger partial charge >= 0.3 is 6.03 Å². The second-order valence-corrected chi connectivity index (χ2v) is 7.59. The number of thioether (sulfide) groups is 1. The minimum absolute atomic E-state index is 0.360. The lowest BCUT2D eigenvalue weighted by Gasteiger charge is -2.15. The van der Waals surface area contributed by atoms with Crippen LogP contribution < -0.4 is 10.6 Å². The molecule has 25 heavy (non-hydrogen) atoms. The van der Waals surface area contributed by atoms with Gasteiger partial charge < -0.3 is 5.32 Å². The molecule has 0 unspecified atom stereocenters. The average Bonchev–Trinajstić information content (AvgIpc) is 3.03. The normalized spacial score (nSPS) is 11.9. The fourth-order valence-electron chi connectivity index (χ4n) is 2.29. The minimum Gasteiger partial charge on any atom is -0.338 e. The van der Waals surface area contributed by atoms with Crippen molar-refractivity contribution < 1.29 is 9.59 Å². The van der Waals surface area contributed by atoms with Gasteiger partial charge in [0.25, 0.3) is 0 Å². The summed E-state index contributed by atoms with van der Waals surface area (Å²) in [5.74, 6) is -0.360. The van der Waals surface area contributed by atoms with Crippen molar-refractivity contribution in [3.8, 4) is 0 Å². The van der Waals surface area contributed by atoms with E-state index in [2.05, 4.69) is 15.6 Å². The van der Waals surface area contributed by atoms with Crippen molar-refractivity contribution >= 4 is 45.3 Å². The second kappa shape index (κ2) is 8.13. The number of aromatic nitrogens is 1. The molecular weight excluding hydrogens is 354 g/mol. The number of nitrogens with one attached hydrogen (secondary N) is 2. The van der Waals surface area contributed by atoms with Crippen LogP contribution in [0, 0.1) is 0 Å². The molecule has 0 aliphatic heterocycles. The number of thiazole rings is 1. The number of nitrogens with zero attached hydrogens (tertiary/aromatic N) is 1. The zero-order valence-electron chi connectivity index (χ0n) is 13.6. The summed E-state index contributed by atoms with van der Waals surface area (Å²) in [5, 5.41) is 4.42. The number of urea groups is 1. The predicted molar refractivity (Wildman–Crippen MR) is 102 cm³/mol. The fourth-order valence-corrected chi connectivity index (χ4v) is 4.54. The predicted octanol–water partition coefficient (Wildman–Crippen LogP) is 3.98. The lowest BCUT2D eigenvalue weighted by molar-refractivity contribution is -0.119. The number of para-hydroxylation sites is 1. The van der Waals surface area contributed by atoms with E-state index >= 15 is 0 Å². The van der Waals surface area contributed by atoms with Crippen LogP contribution in [0.3, 0.4) is 0 Å². The molecule has 0 saturated carbocycles. The van der Waals surface area contributed by atoms with Gasteiger partial charge in [0, 0.05) is 6.54 Å². The number of fused-ring (bicyclic) bond motifs is 1. The molecule has 0 spiro atoms. The Hall–Kier alpha value is -2.38. The van der Waals surface area contributed by atoms with Crippen LogP contribution in [0.1, 0.15) is 17.7 Å². The first kappa shape index (κ1) is 17.4. The van der Waals surface area contributed by atoms with Crippen LogP contribution in [-0.2, 0) is 4.79 Å². The zero-order valence-corrected chi connectivity index (χ0v) is 15.2. The highest BCUT2D eigenvalue weighted by Gasteiger charge is 2.25. The van der Waals surface area contributed by atoms with Crippen LogP contribution in [0.2, 0.25) is 0 Å². The van der Waals surface area contributed by atoms with Gasteiger partial charge in [-0.3, -0.25) is 10.1 Å². The number of carbonyl (C=O) groups excluding carboxylic acids is 2. The Balaban J connectivity index is 1.85. The molecule has 1 atom stereocenters. The van der Waals surface area contributed by atoms with E-state index < -0.39 is 11.3 Å². The molecule has 128 valence electrons. The lowest BCUT2D eigenvalue weighted by atomic mass is 10.1. The van der Waals surface area contributed by atoms with Crippen molar-refractivity contribution in [2.45, 2.75) is 16.5 Å². The molecule has 7 heteroatoms. The van der Waals surface area contributed by atoms with E-state index in [9.17, 15) is 9.59 Å². The summed E-state index contributed by atoms with van der Waals surface area (Å²) in [6.45, 7) is 2.26. The summed E-state index contributed by atoms with van der Waals surface area (Å²) in [5.41, 5.74) is 1.74. The maximum absolute atomic E-state index is 12.6. The molecule has 1 heterocycles. The number of carbonyl (C=O) groups is 2. The van der Waals surface area contributed by atoms with E-state index in [-0.39, 0.29) is 5.91 Å². The maximum atomic E-state index is 12.6. The third kappa shape index (κ3) is 4.37. The van der Waals surface area contributed by atoms with Gasteiger partial charge in [0.2, 0.25) is 5.91 Å². The van der Waals surface area contributed by atoms with Gasteiger partial charge in [0.15, 0.2) is 4.34 Å². The Morgan fingerprint density at radius 1 is 1.12 bits per heavy atom. The minimum atomic E-state index is -0.552. The van der Waals surface area contributed by atoms with Gasteiger partial charge in [-0.05, 0) is 24.6 Å². The molecule has 0 saturated heterocycles. The molecule has 1 aromatic heterocycles. The van der Waals surface area contributed by atoms with E-state index in [0.29, 0.717) is 6.54 Å². The molecule has 0 bridgehead atoms. The molecule has 0 aliphatic carbocycles. The topological polar surface area (TPSA) is 71.1 Å². The number of benzene rings is 2. The van der Waals surface area contributed by atoms with E-state index in [1.165, 1.54) is 23.1 Å². The smallest absolute Gasteiger partial charge is 0.321 e. The van der Waals surface area contributed by atoms with Crippen LogP contribution in [0.15, 0.2) is 58.9 Å². The number of hydrogen-bond acceptors (Lipinski definition) is 5. The third-order valence-corrected chi connectivity index (χ3v) is 5.79. The highest BCUT2D eigenvalue weighted by Crippen LogP contribution is 2.39. The molecule has 0 aliphatic rings. The largest absolute Gasteiger partial charge is 0.338 e. The van der Waals surface area contributed by atoms with Gasteiger partial charge in [-0.1, -0.05) is 54.2 Å². The summed E-state index contributed by atoms with van der Waals surface area (Å²) < 4.78 is 1.86. The monoisotopic (exact) mass is 371 g/mol. The molecule has 3 amide bonds. The first-order valence-corrected chi connectivity index (χ1v) is 9.53. The summed E-state index contributed by atoms with van der Waals surface area (Å²) in [6, 6.07) is 16.8. The molecule has 0 radical (unpaired) electrons. The number of rotatable bonds is 5. The summed E-state index contributed by atoms with van der Waals surface area (Å²) in [7, 11) is 0. The van der Waals surface area contributed by atoms with E-state index in [0.717, 1.165) is 20.1 Å². The van der Waals surface area contributed by atoms with Gasteiger partial charge in [0.1, 0.15) is 5.25 Å². The molecule has 5 nitrogen and oxygen atoms in total. The van der Waals surface area contributed by atoms with Crippen molar-refractivity contribution in [1.82, 2.24) is 15.6 Å². The van der Waals surface area contributed by atoms with Crippen LogP contribution in [-0.4, -0.2) is 23.5 Å². The average molecular weight is 371 g/mol. The molecule has 3 rings (SSSR count). The van der Waals surface area contributed by atoms with Gasteiger partial charge in [-0.25, -0.2) is 9.78 Å². The van der Waals surface area contributed by atoms with Crippen molar-refractivity contribution in [2.75, 3.05) is 6.54 Å². The maximum Gasteiger partial charge on any atom is 0.321 e. The Bertz CT molecular complexity index is 847. The number of hydrogen-bond donors (Lipinski definition) is 2. The highest BCUT2D eigenvalue weighted by molar-refractivity contribution is 8.02. The van der Waals surface area contributed by atoms with Crippen LogP contribution in [0.4, 0.5) is 4.79 Å². The first-order valence-electron chi connectivity index (χ1n) is 7.83. The van der Waals surface area contributed by atoms with Gasteiger partial charge in [0.05, 0.1) is 10.2 Å². The van der Waals surface area contributed by atoms with E-state index in [1.807, 2.05) is 54.6 Å². The molecular formula is C18H17N3O2S2. The Kier molecular flexibility index (Phi) is 5.67. The van der Waals surface area contributed by atoms with Crippen molar-refractivity contribution in [3.63, 3.8) is 0 Å². The highest BCUT2D eigenvalue weighted by atomic mass is 32.2. The van der Waals surface area contributed by atoms with Gasteiger partial charge in [-0.15, -0.1) is 11.3 Å². The van der Waals surface area contributed by atoms with Crippen LogP contribution in [0.25, 0.3) is 10.2 Å². The fraction of sp³-hybridized carbons (Fsp3) is 0.167. The summed E-state index contributed by atoms with van der Waals surface area (Å²) in [6.07, 6.45) is 0. The summed E-state index contributed by atoms with van der Waals surface area (Å²) >= 11 is 2.89. The first-order chi connectivity index (χ1) is 12.2. The number of amides is 3. The Morgan fingerprint density at radius 2 is 1.84 bits per heavy atom. The van der Waals surface area contributed by atoms with Gasteiger partial charge in [-0.2, -0.15) is 0 Å². The van der Waals surface area contributed by atoms with Crippen LogP contribution >= 0.6 is 23.1 Å². The number of imide groups is 1. The Labute approximate surface area is 153 Å². The van der Waals surface area contributed by atoms with E-state index in [4.69, 9.17) is 0 Å². The summed E-state index contributed by atoms with van der Waals surface area (Å²) in [4.78, 5) is 28.9. The zero-order chi connectivity index (χ0) is 17.6. The van der Waals surface area contributed by atoms with Crippen molar-refractivity contribution in [1.29, 1.82) is 0 Å². The Morgan fingerprint density at radius 3 is 2.56 bits per heavy atom. The standard InChI is InChI=1S/C18H17N3O2S2/c1-2-19-17(23)21-16(22)15(12-8-4-3-5-9-12)25-18-20-13-10-6-7-11-14(13)24-18/h3-11,15H,2H2,1H3,(H2,19,21,22,23)/t15-/m1/s1. The van der Waals surface area contributed by atoms with Crippen molar-refractivity contribution in [3.05, 3.63) is 60.2 Å². The second-order valence-electron chi connectivity index (χ2n) is 5.20. The SMILES string of the molecule is CCNC(=O)NC(=O)[C@H](Sc1nc2ccccc2s1)c1ccccc1. The molecule has 2 N–H and O–H groups in total.